The second-order valence-electron chi connectivity index (χ2n) is 4.69. The molecular weight excluding hydrogens is 238 g/mol. The van der Waals surface area contributed by atoms with Gasteiger partial charge in [-0.05, 0) is 18.9 Å². The maximum atomic E-state index is 11.9. The van der Waals surface area contributed by atoms with Crippen LogP contribution in [0.15, 0.2) is 42.7 Å². The molecule has 0 saturated carbocycles. The number of benzene rings is 1. The van der Waals surface area contributed by atoms with Gasteiger partial charge in [0.25, 0.3) is 5.91 Å². The zero-order valence-electron chi connectivity index (χ0n) is 11.3. The molecule has 0 aliphatic carbocycles. The Morgan fingerprint density at radius 2 is 2.11 bits per heavy atom. The standard InChI is InChI=1S/C15H19N3O/c1-3-12(2)17-15(19)14-9-16-18(11-14)10-13-7-5-4-6-8-13/h4-9,11-12H,3,10H2,1-2H3,(H,17,19). The largest absolute Gasteiger partial charge is 0.350 e. The molecule has 0 saturated heterocycles. The maximum absolute atomic E-state index is 11.9. The fourth-order valence-corrected chi connectivity index (χ4v) is 1.75. The summed E-state index contributed by atoms with van der Waals surface area (Å²) in [6.07, 6.45) is 4.31. The van der Waals surface area contributed by atoms with Crippen molar-refractivity contribution in [2.24, 2.45) is 0 Å². The molecule has 1 N–H and O–H groups in total. The molecule has 4 heteroatoms. The summed E-state index contributed by atoms with van der Waals surface area (Å²) in [4.78, 5) is 11.9. The van der Waals surface area contributed by atoms with Crippen LogP contribution < -0.4 is 5.32 Å². The number of hydrogen-bond donors (Lipinski definition) is 1. The molecule has 1 aromatic heterocycles. The molecule has 0 bridgehead atoms. The second-order valence-corrected chi connectivity index (χ2v) is 4.69. The van der Waals surface area contributed by atoms with Crippen LogP contribution >= 0.6 is 0 Å². The first-order chi connectivity index (χ1) is 9.19. The minimum atomic E-state index is -0.0614. The third-order valence-electron chi connectivity index (χ3n) is 3.07. The number of amides is 1. The molecule has 2 aromatic rings. The van der Waals surface area contributed by atoms with Crippen LogP contribution in [0.1, 0.15) is 36.2 Å². The van der Waals surface area contributed by atoms with Gasteiger partial charge in [-0.2, -0.15) is 5.10 Å². The molecule has 1 aromatic carbocycles. The lowest BCUT2D eigenvalue weighted by atomic mass is 10.2. The Balaban J connectivity index is 2.01. The van der Waals surface area contributed by atoms with Crippen LogP contribution in [-0.2, 0) is 6.54 Å². The van der Waals surface area contributed by atoms with Crippen molar-refractivity contribution in [2.75, 3.05) is 0 Å². The number of nitrogens with one attached hydrogen (secondary N) is 1. The molecule has 1 amide bonds. The van der Waals surface area contributed by atoms with E-state index in [1.54, 1.807) is 17.1 Å². The van der Waals surface area contributed by atoms with Crippen LogP contribution in [0.5, 0.6) is 0 Å². The van der Waals surface area contributed by atoms with E-state index in [1.165, 1.54) is 5.56 Å². The number of rotatable bonds is 5. The van der Waals surface area contributed by atoms with Crippen LogP contribution in [0.3, 0.4) is 0 Å². The van der Waals surface area contributed by atoms with E-state index in [4.69, 9.17) is 0 Å². The Kier molecular flexibility index (Phi) is 4.34. The Bertz CT molecular complexity index is 533. The highest BCUT2D eigenvalue weighted by Gasteiger charge is 2.10. The van der Waals surface area contributed by atoms with Crippen molar-refractivity contribution >= 4 is 5.91 Å². The van der Waals surface area contributed by atoms with E-state index >= 15 is 0 Å². The Labute approximate surface area is 113 Å². The lowest BCUT2D eigenvalue weighted by Crippen LogP contribution is -2.31. The first-order valence-electron chi connectivity index (χ1n) is 6.56. The van der Waals surface area contributed by atoms with Gasteiger partial charge in [0.2, 0.25) is 0 Å². The van der Waals surface area contributed by atoms with Crippen molar-refractivity contribution in [3.63, 3.8) is 0 Å². The molecule has 0 aliphatic heterocycles. The van der Waals surface area contributed by atoms with Crippen LogP contribution in [0, 0.1) is 0 Å². The zero-order chi connectivity index (χ0) is 13.7. The van der Waals surface area contributed by atoms with Crippen molar-refractivity contribution in [3.8, 4) is 0 Å². The molecule has 2 rings (SSSR count). The predicted molar refractivity (Wildman–Crippen MR) is 75.0 cm³/mol. The van der Waals surface area contributed by atoms with Gasteiger partial charge in [-0.1, -0.05) is 37.3 Å². The first-order valence-corrected chi connectivity index (χ1v) is 6.56. The predicted octanol–water partition coefficient (Wildman–Crippen LogP) is 2.46. The third-order valence-corrected chi connectivity index (χ3v) is 3.07. The summed E-state index contributed by atoms with van der Waals surface area (Å²) in [6.45, 7) is 4.72. The van der Waals surface area contributed by atoms with Gasteiger partial charge in [0.15, 0.2) is 0 Å². The molecular formula is C15H19N3O. The van der Waals surface area contributed by atoms with E-state index in [-0.39, 0.29) is 11.9 Å². The summed E-state index contributed by atoms with van der Waals surface area (Å²) in [5.41, 5.74) is 1.77. The van der Waals surface area contributed by atoms with Crippen LogP contribution in [0.4, 0.5) is 0 Å². The van der Waals surface area contributed by atoms with Gasteiger partial charge >= 0.3 is 0 Å². The number of carbonyl (C=O) groups excluding carboxylic acids is 1. The quantitative estimate of drug-likeness (QED) is 0.894. The molecule has 4 nitrogen and oxygen atoms in total. The summed E-state index contributed by atoms with van der Waals surface area (Å²) < 4.78 is 1.78. The minimum absolute atomic E-state index is 0.0614. The number of aromatic nitrogens is 2. The van der Waals surface area contributed by atoms with E-state index in [1.807, 2.05) is 44.2 Å². The first kappa shape index (κ1) is 13.3. The molecule has 1 heterocycles. The molecule has 100 valence electrons. The Hall–Kier alpha value is -2.10. The molecule has 0 aliphatic rings. The topological polar surface area (TPSA) is 46.9 Å². The number of nitrogens with zero attached hydrogens (tertiary/aromatic N) is 2. The average Bonchev–Trinajstić information content (AvgIpc) is 2.88. The van der Waals surface area contributed by atoms with Gasteiger partial charge in [0, 0.05) is 12.2 Å². The van der Waals surface area contributed by atoms with Crippen LogP contribution in [0.2, 0.25) is 0 Å². The van der Waals surface area contributed by atoms with Gasteiger partial charge < -0.3 is 5.32 Å². The smallest absolute Gasteiger partial charge is 0.254 e. The van der Waals surface area contributed by atoms with Gasteiger partial charge in [-0.3, -0.25) is 9.48 Å². The molecule has 1 unspecified atom stereocenters. The SMILES string of the molecule is CCC(C)NC(=O)c1cnn(Cc2ccccc2)c1. The zero-order valence-corrected chi connectivity index (χ0v) is 11.3. The van der Waals surface area contributed by atoms with Gasteiger partial charge in [-0.25, -0.2) is 0 Å². The molecule has 0 radical (unpaired) electrons. The number of carbonyl (C=O) groups is 1. The molecule has 1 atom stereocenters. The fraction of sp³-hybridized carbons (Fsp3) is 0.333. The van der Waals surface area contributed by atoms with Crippen molar-refractivity contribution in [3.05, 3.63) is 53.9 Å². The summed E-state index contributed by atoms with van der Waals surface area (Å²) >= 11 is 0. The Morgan fingerprint density at radius 1 is 1.37 bits per heavy atom. The monoisotopic (exact) mass is 257 g/mol. The van der Waals surface area contributed by atoms with E-state index in [2.05, 4.69) is 10.4 Å². The Morgan fingerprint density at radius 3 is 2.79 bits per heavy atom. The van der Waals surface area contributed by atoms with Gasteiger partial charge in [-0.15, -0.1) is 0 Å². The van der Waals surface area contributed by atoms with Gasteiger partial charge in [0.05, 0.1) is 18.3 Å². The van der Waals surface area contributed by atoms with Crippen molar-refractivity contribution in [2.45, 2.75) is 32.9 Å². The summed E-state index contributed by atoms with van der Waals surface area (Å²) in [5.74, 6) is -0.0614. The minimum Gasteiger partial charge on any atom is -0.350 e. The lowest BCUT2D eigenvalue weighted by molar-refractivity contribution is 0.0939. The highest BCUT2D eigenvalue weighted by molar-refractivity contribution is 5.93. The molecule has 0 spiro atoms. The lowest BCUT2D eigenvalue weighted by Gasteiger charge is -2.09. The van der Waals surface area contributed by atoms with E-state index in [9.17, 15) is 4.79 Å². The second kappa shape index (κ2) is 6.18. The van der Waals surface area contributed by atoms with Gasteiger partial charge in [0.1, 0.15) is 0 Å². The summed E-state index contributed by atoms with van der Waals surface area (Å²) in [6, 6.07) is 10.2. The molecule has 19 heavy (non-hydrogen) atoms. The number of hydrogen-bond acceptors (Lipinski definition) is 2. The van der Waals surface area contributed by atoms with Crippen molar-refractivity contribution in [1.29, 1.82) is 0 Å². The highest BCUT2D eigenvalue weighted by Crippen LogP contribution is 2.04. The van der Waals surface area contributed by atoms with Crippen LogP contribution in [0.25, 0.3) is 0 Å². The van der Waals surface area contributed by atoms with E-state index in [0.717, 1.165) is 6.42 Å². The van der Waals surface area contributed by atoms with E-state index in [0.29, 0.717) is 12.1 Å². The molecule has 0 fully saturated rings. The summed E-state index contributed by atoms with van der Waals surface area (Å²) in [5, 5.41) is 7.15. The third kappa shape index (κ3) is 3.68. The summed E-state index contributed by atoms with van der Waals surface area (Å²) in [7, 11) is 0. The van der Waals surface area contributed by atoms with Crippen molar-refractivity contribution < 1.29 is 4.79 Å². The van der Waals surface area contributed by atoms with E-state index < -0.39 is 0 Å². The average molecular weight is 257 g/mol. The van der Waals surface area contributed by atoms with Crippen molar-refractivity contribution in [1.82, 2.24) is 15.1 Å². The normalized spacial score (nSPS) is 12.1. The highest BCUT2D eigenvalue weighted by atomic mass is 16.1. The fourth-order valence-electron chi connectivity index (χ4n) is 1.75. The van der Waals surface area contributed by atoms with Crippen LogP contribution in [-0.4, -0.2) is 21.7 Å². The maximum Gasteiger partial charge on any atom is 0.254 e.